The monoisotopic (exact) mass is 227 g/mol. The minimum atomic E-state index is 0.258. The normalized spacial score (nSPS) is 36.0. The van der Waals surface area contributed by atoms with Gasteiger partial charge in [-0.25, -0.2) is 0 Å². The highest BCUT2D eigenvalue weighted by atomic mass is 16.5. The number of methoxy groups -OCH3 is 1. The van der Waals surface area contributed by atoms with Crippen LogP contribution in [0.2, 0.25) is 0 Å². The average Bonchev–Trinajstić information content (AvgIpc) is 2.30. The third-order valence-corrected chi connectivity index (χ3v) is 4.16. The number of ether oxygens (including phenoxy) is 2. The predicted octanol–water partition coefficient (Wildman–Crippen LogP) is 1.96. The molecule has 94 valence electrons. The third kappa shape index (κ3) is 2.76. The van der Waals surface area contributed by atoms with E-state index < -0.39 is 0 Å². The van der Waals surface area contributed by atoms with Crippen LogP contribution in [0.25, 0.3) is 0 Å². The molecule has 0 aromatic carbocycles. The van der Waals surface area contributed by atoms with Gasteiger partial charge in [0, 0.05) is 19.8 Å². The smallest absolute Gasteiger partial charge is 0.0986 e. The molecule has 2 rings (SSSR count). The summed E-state index contributed by atoms with van der Waals surface area (Å²) >= 11 is 0. The second kappa shape index (κ2) is 5.99. The number of hydrogen-bond donors (Lipinski definition) is 1. The molecule has 3 unspecified atom stereocenters. The fourth-order valence-electron chi connectivity index (χ4n) is 2.96. The quantitative estimate of drug-likeness (QED) is 0.779. The molecule has 2 saturated carbocycles. The van der Waals surface area contributed by atoms with E-state index in [0.717, 1.165) is 18.9 Å². The second-order valence-electron chi connectivity index (χ2n) is 5.21. The van der Waals surface area contributed by atoms with Gasteiger partial charge in [0.1, 0.15) is 0 Å². The Morgan fingerprint density at radius 3 is 2.56 bits per heavy atom. The Morgan fingerprint density at radius 1 is 1.19 bits per heavy atom. The lowest BCUT2D eigenvalue weighted by molar-refractivity contribution is -0.140. The molecule has 0 amide bonds. The van der Waals surface area contributed by atoms with E-state index in [4.69, 9.17) is 9.47 Å². The first-order valence-electron chi connectivity index (χ1n) is 6.66. The van der Waals surface area contributed by atoms with Gasteiger partial charge in [0.2, 0.25) is 0 Å². The maximum Gasteiger partial charge on any atom is 0.0986 e. The van der Waals surface area contributed by atoms with Crippen molar-refractivity contribution in [3.05, 3.63) is 0 Å². The van der Waals surface area contributed by atoms with Gasteiger partial charge in [0.05, 0.1) is 12.2 Å². The van der Waals surface area contributed by atoms with Gasteiger partial charge in [-0.1, -0.05) is 19.3 Å². The zero-order valence-electron chi connectivity index (χ0n) is 10.6. The topological polar surface area (TPSA) is 30.5 Å². The summed E-state index contributed by atoms with van der Waals surface area (Å²) in [6.07, 6.45) is 8.61. The molecule has 0 aromatic rings. The largest absolute Gasteiger partial charge is 0.377 e. The van der Waals surface area contributed by atoms with Crippen molar-refractivity contribution < 1.29 is 9.47 Å². The molecule has 3 atom stereocenters. The van der Waals surface area contributed by atoms with Crippen molar-refractivity contribution in [1.82, 2.24) is 5.32 Å². The highest BCUT2D eigenvalue weighted by Crippen LogP contribution is 2.29. The van der Waals surface area contributed by atoms with Crippen molar-refractivity contribution in [2.75, 3.05) is 20.8 Å². The van der Waals surface area contributed by atoms with Gasteiger partial charge >= 0.3 is 0 Å². The maximum absolute atomic E-state index is 5.99. The Labute approximate surface area is 98.9 Å². The lowest BCUT2D eigenvalue weighted by atomic mass is 9.85. The van der Waals surface area contributed by atoms with Crippen LogP contribution in [0.3, 0.4) is 0 Å². The summed E-state index contributed by atoms with van der Waals surface area (Å²) in [7, 11) is 3.78. The maximum atomic E-state index is 5.99. The second-order valence-corrected chi connectivity index (χ2v) is 5.21. The summed E-state index contributed by atoms with van der Waals surface area (Å²) in [5.41, 5.74) is 0. The van der Waals surface area contributed by atoms with E-state index in [9.17, 15) is 0 Å². The van der Waals surface area contributed by atoms with E-state index in [-0.39, 0.29) is 6.10 Å². The van der Waals surface area contributed by atoms with Crippen molar-refractivity contribution in [2.24, 2.45) is 5.92 Å². The highest BCUT2D eigenvalue weighted by Gasteiger charge is 2.41. The summed E-state index contributed by atoms with van der Waals surface area (Å²) in [6.45, 7) is 0.945. The molecule has 3 heteroatoms. The minimum Gasteiger partial charge on any atom is -0.377 e. The van der Waals surface area contributed by atoms with Gasteiger partial charge in [-0.15, -0.1) is 0 Å². The van der Waals surface area contributed by atoms with Gasteiger partial charge < -0.3 is 14.8 Å². The van der Waals surface area contributed by atoms with E-state index >= 15 is 0 Å². The molecule has 0 saturated heterocycles. The molecular formula is C13H25NO2. The van der Waals surface area contributed by atoms with Gasteiger partial charge in [-0.3, -0.25) is 0 Å². The van der Waals surface area contributed by atoms with Crippen molar-refractivity contribution in [3.63, 3.8) is 0 Å². The molecule has 3 nitrogen and oxygen atoms in total. The van der Waals surface area contributed by atoms with E-state index in [1.165, 1.54) is 32.1 Å². The molecule has 0 aliphatic heterocycles. The molecule has 0 spiro atoms. The highest BCUT2D eigenvalue weighted by molar-refractivity contribution is 4.96. The Morgan fingerprint density at radius 2 is 1.94 bits per heavy atom. The number of rotatable bonds is 5. The first kappa shape index (κ1) is 12.3. The number of nitrogens with one attached hydrogen (secondary N) is 1. The average molecular weight is 227 g/mol. The molecule has 2 aliphatic rings. The Bertz CT molecular complexity index is 204. The van der Waals surface area contributed by atoms with Crippen LogP contribution in [0.4, 0.5) is 0 Å². The molecule has 16 heavy (non-hydrogen) atoms. The fourth-order valence-corrected chi connectivity index (χ4v) is 2.96. The lowest BCUT2D eigenvalue weighted by Crippen LogP contribution is -2.59. The summed E-state index contributed by atoms with van der Waals surface area (Å²) < 4.78 is 11.4. The van der Waals surface area contributed by atoms with E-state index in [2.05, 4.69) is 5.32 Å². The molecular weight excluding hydrogens is 202 g/mol. The van der Waals surface area contributed by atoms with E-state index in [1.54, 1.807) is 7.11 Å². The molecule has 0 heterocycles. The Kier molecular flexibility index (Phi) is 4.62. The van der Waals surface area contributed by atoms with Crippen molar-refractivity contribution in [1.29, 1.82) is 0 Å². The van der Waals surface area contributed by atoms with Crippen molar-refractivity contribution >= 4 is 0 Å². The number of hydrogen-bond acceptors (Lipinski definition) is 3. The lowest BCUT2D eigenvalue weighted by Gasteiger charge is -2.43. The molecule has 0 bridgehead atoms. The zero-order valence-corrected chi connectivity index (χ0v) is 10.6. The minimum absolute atomic E-state index is 0.258. The van der Waals surface area contributed by atoms with Crippen LogP contribution in [-0.2, 0) is 9.47 Å². The Hall–Kier alpha value is -0.120. The van der Waals surface area contributed by atoms with Crippen LogP contribution >= 0.6 is 0 Å². The van der Waals surface area contributed by atoms with Crippen LogP contribution in [0.1, 0.15) is 38.5 Å². The van der Waals surface area contributed by atoms with E-state index in [0.29, 0.717) is 12.1 Å². The van der Waals surface area contributed by atoms with E-state index in [1.807, 2.05) is 7.05 Å². The molecule has 2 fully saturated rings. The fraction of sp³-hybridized carbons (Fsp3) is 1.00. The van der Waals surface area contributed by atoms with Gasteiger partial charge in [0.25, 0.3) is 0 Å². The van der Waals surface area contributed by atoms with Crippen molar-refractivity contribution in [2.45, 2.75) is 56.8 Å². The molecule has 0 radical (unpaired) electrons. The van der Waals surface area contributed by atoms with Crippen LogP contribution in [0.5, 0.6) is 0 Å². The standard InChI is InChI=1S/C13H25NO2/c1-14-11-8-12(13(11)15-2)16-9-10-6-4-3-5-7-10/h10-14H,3-9H2,1-2H3. The van der Waals surface area contributed by atoms with Crippen LogP contribution < -0.4 is 5.32 Å². The summed E-state index contributed by atoms with van der Waals surface area (Å²) in [5, 5.41) is 3.27. The van der Waals surface area contributed by atoms with Crippen LogP contribution in [0, 0.1) is 5.92 Å². The Balaban J connectivity index is 1.66. The molecule has 1 N–H and O–H groups in total. The van der Waals surface area contributed by atoms with Crippen LogP contribution in [-0.4, -0.2) is 39.0 Å². The number of likely N-dealkylation sites (N-methyl/N-ethyl adjacent to an activating group) is 1. The first-order valence-corrected chi connectivity index (χ1v) is 6.66. The molecule has 2 aliphatic carbocycles. The summed E-state index contributed by atoms with van der Waals surface area (Å²) in [4.78, 5) is 0. The SMILES string of the molecule is CNC1CC(OCC2CCCCC2)C1OC. The van der Waals surface area contributed by atoms with Crippen LogP contribution in [0.15, 0.2) is 0 Å². The predicted molar refractivity (Wildman–Crippen MR) is 64.6 cm³/mol. The molecule has 0 aromatic heterocycles. The third-order valence-electron chi connectivity index (χ3n) is 4.16. The first-order chi connectivity index (χ1) is 7.85. The van der Waals surface area contributed by atoms with Gasteiger partial charge in [0.15, 0.2) is 0 Å². The summed E-state index contributed by atoms with van der Waals surface area (Å²) in [5.74, 6) is 0.805. The van der Waals surface area contributed by atoms with Crippen molar-refractivity contribution in [3.8, 4) is 0 Å². The van der Waals surface area contributed by atoms with Gasteiger partial charge in [-0.05, 0) is 32.2 Å². The van der Waals surface area contributed by atoms with Gasteiger partial charge in [-0.2, -0.15) is 0 Å². The summed E-state index contributed by atoms with van der Waals surface area (Å²) in [6, 6.07) is 0.487. The zero-order chi connectivity index (χ0) is 11.4.